The fourth-order valence-corrected chi connectivity index (χ4v) is 2.98. The largest absolute Gasteiger partial charge is 0.398 e. The molecule has 23 heavy (non-hydrogen) atoms. The van der Waals surface area contributed by atoms with Crippen molar-refractivity contribution in [3.8, 4) is 11.1 Å². The summed E-state index contributed by atoms with van der Waals surface area (Å²) in [6.07, 6.45) is 3.96. The molecular formula is C17H18FN3O2. The fourth-order valence-electron chi connectivity index (χ4n) is 2.98. The molecule has 5 nitrogen and oxygen atoms in total. The molecule has 2 saturated carbocycles. The molecule has 0 amide bonds. The second-order valence-corrected chi connectivity index (χ2v) is 6.64. The third-order valence-electron chi connectivity index (χ3n) is 4.76. The Labute approximate surface area is 132 Å². The van der Waals surface area contributed by atoms with Gasteiger partial charge in [-0.05, 0) is 43.9 Å². The van der Waals surface area contributed by atoms with Crippen molar-refractivity contribution in [2.75, 3.05) is 11.5 Å². The number of nitrogens with two attached hydrogens (primary N) is 2. The van der Waals surface area contributed by atoms with Crippen molar-refractivity contribution >= 4 is 11.4 Å². The lowest BCUT2D eigenvalue weighted by atomic mass is 9.98. The molecule has 2 aliphatic rings. The minimum absolute atomic E-state index is 0.282. The number of aliphatic hydroxyl groups is 2. The zero-order valence-electron chi connectivity index (χ0n) is 12.5. The van der Waals surface area contributed by atoms with E-state index in [1.54, 1.807) is 6.07 Å². The van der Waals surface area contributed by atoms with Crippen molar-refractivity contribution in [3.05, 3.63) is 41.5 Å². The van der Waals surface area contributed by atoms with E-state index in [-0.39, 0.29) is 5.56 Å². The maximum absolute atomic E-state index is 14.5. The van der Waals surface area contributed by atoms with E-state index in [1.807, 2.05) is 0 Å². The SMILES string of the molecule is Nc1cc(-c2cnc(C3(O)CC3)c(N)c2)c(F)cc1C1(O)CC1. The van der Waals surface area contributed by atoms with Gasteiger partial charge in [0.1, 0.15) is 11.4 Å². The summed E-state index contributed by atoms with van der Waals surface area (Å²) in [5, 5.41) is 20.2. The van der Waals surface area contributed by atoms with Crippen LogP contribution < -0.4 is 11.5 Å². The van der Waals surface area contributed by atoms with E-state index in [0.29, 0.717) is 53.9 Å². The Hall–Kier alpha value is -2.18. The molecule has 120 valence electrons. The van der Waals surface area contributed by atoms with Gasteiger partial charge in [0.05, 0.1) is 17.0 Å². The Morgan fingerprint density at radius 2 is 1.61 bits per heavy atom. The Morgan fingerprint density at radius 1 is 0.957 bits per heavy atom. The van der Waals surface area contributed by atoms with Crippen LogP contribution >= 0.6 is 0 Å². The summed E-state index contributed by atoms with van der Waals surface area (Å²) < 4.78 is 14.5. The highest BCUT2D eigenvalue weighted by molar-refractivity contribution is 5.73. The molecule has 6 heteroatoms. The van der Waals surface area contributed by atoms with Gasteiger partial charge in [0, 0.05) is 28.6 Å². The van der Waals surface area contributed by atoms with Crippen LogP contribution in [-0.4, -0.2) is 15.2 Å². The lowest BCUT2D eigenvalue weighted by molar-refractivity contribution is 0.147. The summed E-state index contributed by atoms with van der Waals surface area (Å²) in [5.41, 5.74) is 12.4. The number of hydrogen-bond acceptors (Lipinski definition) is 5. The van der Waals surface area contributed by atoms with Crippen molar-refractivity contribution < 1.29 is 14.6 Å². The van der Waals surface area contributed by atoms with Crippen molar-refractivity contribution in [2.24, 2.45) is 0 Å². The first-order valence-electron chi connectivity index (χ1n) is 7.63. The van der Waals surface area contributed by atoms with Gasteiger partial charge >= 0.3 is 0 Å². The van der Waals surface area contributed by atoms with Gasteiger partial charge in [-0.3, -0.25) is 4.98 Å². The second-order valence-electron chi connectivity index (χ2n) is 6.64. The molecule has 2 aromatic rings. The molecule has 0 saturated heterocycles. The Balaban J connectivity index is 1.76. The van der Waals surface area contributed by atoms with Gasteiger partial charge in [-0.25, -0.2) is 4.39 Å². The summed E-state index contributed by atoms with van der Waals surface area (Å²) in [5.74, 6) is -0.478. The third-order valence-corrected chi connectivity index (χ3v) is 4.76. The molecule has 1 aromatic heterocycles. The number of benzene rings is 1. The number of rotatable bonds is 3. The van der Waals surface area contributed by atoms with Gasteiger partial charge in [0.15, 0.2) is 0 Å². The second kappa shape index (κ2) is 4.43. The average Bonchev–Trinajstić information content (AvgIpc) is 3.41. The number of hydrogen-bond donors (Lipinski definition) is 4. The molecule has 0 radical (unpaired) electrons. The fraction of sp³-hybridized carbons (Fsp3) is 0.353. The first-order chi connectivity index (χ1) is 10.8. The lowest BCUT2D eigenvalue weighted by Crippen LogP contribution is -2.11. The van der Waals surface area contributed by atoms with Crippen LogP contribution in [-0.2, 0) is 11.2 Å². The van der Waals surface area contributed by atoms with Crippen LogP contribution in [0.25, 0.3) is 11.1 Å². The van der Waals surface area contributed by atoms with Gasteiger partial charge in [0.25, 0.3) is 0 Å². The van der Waals surface area contributed by atoms with Crippen LogP contribution in [0.15, 0.2) is 24.4 Å². The minimum atomic E-state index is -0.986. The van der Waals surface area contributed by atoms with Crippen LogP contribution in [0.3, 0.4) is 0 Å². The molecule has 0 atom stereocenters. The third kappa shape index (κ3) is 2.26. The van der Waals surface area contributed by atoms with Crippen LogP contribution in [0.5, 0.6) is 0 Å². The van der Waals surface area contributed by atoms with E-state index in [1.165, 1.54) is 18.3 Å². The molecule has 0 bridgehead atoms. The molecule has 2 fully saturated rings. The van der Waals surface area contributed by atoms with Crippen LogP contribution in [0.1, 0.15) is 36.9 Å². The highest BCUT2D eigenvalue weighted by Crippen LogP contribution is 2.49. The number of anilines is 2. The van der Waals surface area contributed by atoms with E-state index >= 15 is 0 Å². The number of halogens is 1. The van der Waals surface area contributed by atoms with Crippen molar-refractivity contribution in [2.45, 2.75) is 36.9 Å². The summed E-state index contributed by atoms with van der Waals surface area (Å²) in [6, 6.07) is 4.39. The summed E-state index contributed by atoms with van der Waals surface area (Å²) >= 11 is 0. The smallest absolute Gasteiger partial charge is 0.131 e. The van der Waals surface area contributed by atoms with Crippen LogP contribution in [0.4, 0.5) is 15.8 Å². The molecular weight excluding hydrogens is 297 g/mol. The predicted octanol–water partition coefficient (Wildman–Crippen LogP) is 2.01. The van der Waals surface area contributed by atoms with E-state index in [9.17, 15) is 14.6 Å². The molecule has 1 aromatic carbocycles. The van der Waals surface area contributed by atoms with E-state index in [4.69, 9.17) is 11.5 Å². The molecule has 0 spiro atoms. The zero-order chi connectivity index (χ0) is 16.4. The van der Waals surface area contributed by atoms with Crippen LogP contribution in [0, 0.1) is 5.82 Å². The average molecular weight is 315 g/mol. The van der Waals surface area contributed by atoms with E-state index in [2.05, 4.69) is 4.98 Å². The first-order valence-corrected chi connectivity index (χ1v) is 7.63. The van der Waals surface area contributed by atoms with E-state index < -0.39 is 17.0 Å². The lowest BCUT2D eigenvalue weighted by Gasteiger charge is -2.15. The summed E-state index contributed by atoms with van der Waals surface area (Å²) in [4.78, 5) is 4.21. The number of nitrogen functional groups attached to an aromatic ring is 2. The Morgan fingerprint density at radius 3 is 2.17 bits per heavy atom. The molecule has 0 aliphatic heterocycles. The Kier molecular flexibility index (Phi) is 2.77. The quantitative estimate of drug-likeness (QED) is 0.649. The first kappa shape index (κ1) is 14.4. The highest BCUT2D eigenvalue weighted by Gasteiger charge is 2.45. The van der Waals surface area contributed by atoms with Gasteiger partial charge < -0.3 is 21.7 Å². The maximum Gasteiger partial charge on any atom is 0.131 e. The van der Waals surface area contributed by atoms with Crippen molar-refractivity contribution in [1.82, 2.24) is 4.98 Å². The number of aromatic nitrogens is 1. The standard InChI is InChI=1S/C17H18FN3O2/c18-12-7-11(16(22)1-2-16)13(19)6-10(12)9-5-14(20)15(21-8-9)17(23)3-4-17/h5-8,22-23H,1-4,19-20H2. The summed E-state index contributed by atoms with van der Waals surface area (Å²) in [7, 11) is 0. The molecule has 2 aliphatic carbocycles. The van der Waals surface area contributed by atoms with Crippen LogP contribution in [0.2, 0.25) is 0 Å². The van der Waals surface area contributed by atoms with E-state index in [0.717, 1.165) is 0 Å². The topological polar surface area (TPSA) is 105 Å². The maximum atomic E-state index is 14.5. The zero-order valence-corrected chi connectivity index (χ0v) is 12.5. The predicted molar refractivity (Wildman–Crippen MR) is 84.7 cm³/mol. The van der Waals surface area contributed by atoms with Crippen molar-refractivity contribution in [1.29, 1.82) is 0 Å². The highest BCUT2D eigenvalue weighted by atomic mass is 19.1. The number of pyridine rings is 1. The van der Waals surface area contributed by atoms with Gasteiger partial charge in [-0.15, -0.1) is 0 Å². The monoisotopic (exact) mass is 315 g/mol. The minimum Gasteiger partial charge on any atom is -0.398 e. The molecule has 6 N–H and O–H groups in total. The number of nitrogens with zero attached hydrogens (tertiary/aromatic N) is 1. The van der Waals surface area contributed by atoms with Gasteiger partial charge in [0.2, 0.25) is 0 Å². The molecule has 1 heterocycles. The van der Waals surface area contributed by atoms with Gasteiger partial charge in [-0.1, -0.05) is 0 Å². The van der Waals surface area contributed by atoms with Crippen molar-refractivity contribution in [3.63, 3.8) is 0 Å². The molecule has 0 unspecified atom stereocenters. The normalized spacial score (nSPS) is 20.3. The summed E-state index contributed by atoms with van der Waals surface area (Å²) in [6.45, 7) is 0. The molecule has 4 rings (SSSR count). The Bertz CT molecular complexity index is 814. The van der Waals surface area contributed by atoms with Gasteiger partial charge in [-0.2, -0.15) is 0 Å².